The van der Waals surface area contributed by atoms with E-state index in [4.69, 9.17) is 23.7 Å². The van der Waals surface area contributed by atoms with Gasteiger partial charge >= 0.3 is 5.97 Å². The summed E-state index contributed by atoms with van der Waals surface area (Å²) in [6, 6.07) is 5.25. The van der Waals surface area contributed by atoms with Crippen LogP contribution in [-0.2, 0) is 23.8 Å². The Labute approximate surface area is 224 Å². The number of aliphatic hydroxyl groups is 6. The quantitative estimate of drug-likeness (QED) is 0.161. The van der Waals surface area contributed by atoms with Gasteiger partial charge in [-0.05, 0) is 30.7 Å². The van der Waals surface area contributed by atoms with Crippen molar-refractivity contribution in [2.24, 2.45) is 5.92 Å². The molecule has 3 saturated heterocycles. The summed E-state index contributed by atoms with van der Waals surface area (Å²) in [7, 11) is 1.51. The standard InChI is InChI=1S/C25H35NO13/c1-11(29)26-18-15(30)8-25(39-22(18)20(33)16(31)9-27)7-14-19(32)23(36-13-5-3-12(35-2)4-6-13)37-17(10-28)21(14)38-24(25)34/h3-6,14-23,27-28,30-33H,7-10H2,1-2H3,(H,26,29)/t14-,15+,16-,17-,18-,19-,20-,21-,22-,23-,25-/m1/s1. The zero-order valence-electron chi connectivity index (χ0n) is 21.5. The van der Waals surface area contributed by atoms with Gasteiger partial charge in [0.15, 0.2) is 5.60 Å². The van der Waals surface area contributed by atoms with E-state index >= 15 is 0 Å². The fraction of sp³-hybridized carbons (Fsp3) is 0.680. The van der Waals surface area contributed by atoms with E-state index in [-0.39, 0.29) is 12.8 Å². The van der Waals surface area contributed by atoms with Gasteiger partial charge in [-0.25, -0.2) is 4.79 Å². The maximum Gasteiger partial charge on any atom is 0.338 e. The molecule has 4 rings (SSSR count). The van der Waals surface area contributed by atoms with Gasteiger partial charge in [0, 0.05) is 19.3 Å². The molecular weight excluding hydrogens is 522 g/mol. The van der Waals surface area contributed by atoms with E-state index < -0.39 is 91.7 Å². The molecule has 3 fully saturated rings. The number of esters is 1. The lowest BCUT2D eigenvalue weighted by molar-refractivity contribution is -0.306. The van der Waals surface area contributed by atoms with E-state index in [1.807, 2.05) is 0 Å². The van der Waals surface area contributed by atoms with Gasteiger partial charge in [0.2, 0.25) is 12.2 Å². The minimum absolute atomic E-state index is 0.234. The number of aliphatic hydroxyl groups excluding tert-OH is 6. The van der Waals surface area contributed by atoms with Crippen LogP contribution < -0.4 is 14.8 Å². The Morgan fingerprint density at radius 2 is 1.82 bits per heavy atom. The molecule has 1 aromatic rings. The zero-order chi connectivity index (χ0) is 28.5. The number of carbonyl (C=O) groups is 2. The number of ether oxygens (including phenoxy) is 5. The van der Waals surface area contributed by atoms with Gasteiger partial charge in [-0.1, -0.05) is 0 Å². The highest BCUT2D eigenvalue weighted by Gasteiger charge is 2.62. The van der Waals surface area contributed by atoms with Crippen LogP contribution >= 0.6 is 0 Å². The topological polar surface area (TPSA) is 214 Å². The van der Waals surface area contributed by atoms with Crippen molar-refractivity contribution < 1.29 is 63.9 Å². The van der Waals surface area contributed by atoms with Crippen molar-refractivity contribution in [2.75, 3.05) is 20.3 Å². The summed E-state index contributed by atoms with van der Waals surface area (Å²) in [5.41, 5.74) is -1.90. The third-order valence-corrected chi connectivity index (χ3v) is 7.44. The molecule has 0 unspecified atom stereocenters. The van der Waals surface area contributed by atoms with Crippen LogP contribution in [0.1, 0.15) is 19.8 Å². The van der Waals surface area contributed by atoms with E-state index in [1.54, 1.807) is 24.3 Å². The Morgan fingerprint density at radius 3 is 2.41 bits per heavy atom. The fourth-order valence-electron chi connectivity index (χ4n) is 5.48. The predicted octanol–water partition coefficient (Wildman–Crippen LogP) is -2.81. The summed E-state index contributed by atoms with van der Waals surface area (Å²) < 4.78 is 28.3. The smallest absolute Gasteiger partial charge is 0.338 e. The van der Waals surface area contributed by atoms with Crippen LogP contribution in [0.4, 0.5) is 0 Å². The Morgan fingerprint density at radius 1 is 1.15 bits per heavy atom. The van der Waals surface area contributed by atoms with Crippen molar-refractivity contribution in [3.05, 3.63) is 24.3 Å². The number of nitrogens with one attached hydrogen (secondary N) is 1. The monoisotopic (exact) mass is 557 g/mol. The minimum atomic E-state index is -1.90. The van der Waals surface area contributed by atoms with Gasteiger partial charge < -0.3 is 59.6 Å². The molecule has 3 aliphatic heterocycles. The van der Waals surface area contributed by atoms with Crippen molar-refractivity contribution in [1.29, 1.82) is 0 Å². The number of fused-ring (bicyclic) bond motifs is 1. The molecule has 0 radical (unpaired) electrons. The Bertz CT molecular complexity index is 1010. The van der Waals surface area contributed by atoms with Crippen LogP contribution in [-0.4, -0.2) is 123 Å². The number of hydrogen-bond donors (Lipinski definition) is 7. The number of amides is 1. The summed E-state index contributed by atoms with van der Waals surface area (Å²) in [6.45, 7) is -0.238. The molecular formula is C25H35NO13. The number of methoxy groups -OCH3 is 1. The Hall–Kier alpha value is -2.56. The average molecular weight is 558 g/mol. The molecule has 3 aliphatic rings. The van der Waals surface area contributed by atoms with E-state index in [9.17, 15) is 40.2 Å². The van der Waals surface area contributed by atoms with Gasteiger partial charge in [0.05, 0.1) is 32.5 Å². The highest BCUT2D eigenvalue weighted by Crippen LogP contribution is 2.46. The largest absolute Gasteiger partial charge is 0.497 e. The number of hydrogen-bond acceptors (Lipinski definition) is 13. The van der Waals surface area contributed by atoms with Crippen molar-refractivity contribution in [2.45, 2.75) is 80.4 Å². The van der Waals surface area contributed by atoms with Crippen LogP contribution in [0.15, 0.2) is 24.3 Å². The first-order chi connectivity index (χ1) is 18.5. The maximum atomic E-state index is 13.3. The van der Waals surface area contributed by atoms with Crippen LogP contribution in [0.2, 0.25) is 0 Å². The molecule has 39 heavy (non-hydrogen) atoms. The van der Waals surface area contributed by atoms with Gasteiger partial charge in [-0.3, -0.25) is 4.79 Å². The molecule has 14 heteroatoms. The van der Waals surface area contributed by atoms with Gasteiger partial charge in [0.1, 0.15) is 48.1 Å². The SMILES string of the molecule is COc1ccc(O[C@@H]2O[C@H](CO)[C@@H]3OC(=O)[C@@]4(C[C@@H]3[C@H]2O)C[C@H](O)[C@@H](NC(C)=O)[C@H]([C@H](O)[C@H](O)CO)O4)cc1. The molecule has 218 valence electrons. The zero-order valence-corrected chi connectivity index (χ0v) is 21.5. The van der Waals surface area contributed by atoms with Crippen LogP contribution in [0.25, 0.3) is 0 Å². The molecule has 1 spiro atoms. The normalized spacial score (nSPS) is 37.8. The lowest BCUT2D eigenvalue weighted by Crippen LogP contribution is -2.71. The van der Waals surface area contributed by atoms with Crippen LogP contribution in [0, 0.1) is 5.92 Å². The second-order valence-electron chi connectivity index (χ2n) is 10.1. The molecule has 1 aromatic carbocycles. The first-order valence-corrected chi connectivity index (χ1v) is 12.6. The highest BCUT2D eigenvalue weighted by atomic mass is 16.7. The summed E-state index contributed by atoms with van der Waals surface area (Å²) in [4.78, 5) is 25.1. The van der Waals surface area contributed by atoms with Gasteiger partial charge in [0.25, 0.3) is 0 Å². The molecule has 0 bridgehead atoms. The highest BCUT2D eigenvalue weighted by molar-refractivity contribution is 5.81. The Balaban J connectivity index is 1.61. The minimum Gasteiger partial charge on any atom is -0.497 e. The van der Waals surface area contributed by atoms with Gasteiger partial charge in [-0.15, -0.1) is 0 Å². The lowest BCUT2D eigenvalue weighted by atomic mass is 9.72. The molecule has 0 saturated carbocycles. The molecule has 0 aliphatic carbocycles. The first-order valence-electron chi connectivity index (χ1n) is 12.6. The van der Waals surface area contributed by atoms with E-state index in [0.717, 1.165) is 0 Å². The summed E-state index contributed by atoms with van der Waals surface area (Å²) in [6.07, 6.45) is -11.9. The van der Waals surface area contributed by atoms with Crippen molar-refractivity contribution >= 4 is 11.9 Å². The molecule has 11 atom stereocenters. The third-order valence-electron chi connectivity index (χ3n) is 7.44. The van der Waals surface area contributed by atoms with E-state index in [1.165, 1.54) is 14.0 Å². The molecule has 7 N–H and O–H groups in total. The van der Waals surface area contributed by atoms with Crippen molar-refractivity contribution in [3.63, 3.8) is 0 Å². The fourth-order valence-corrected chi connectivity index (χ4v) is 5.48. The molecule has 3 heterocycles. The lowest BCUT2D eigenvalue weighted by Gasteiger charge is -2.54. The summed E-state index contributed by atoms with van der Waals surface area (Å²) in [5.74, 6) is -1.49. The molecule has 14 nitrogen and oxygen atoms in total. The average Bonchev–Trinajstić information content (AvgIpc) is 2.92. The van der Waals surface area contributed by atoms with Crippen molar-refractivity contribution in [1.82, 2.24) is 5.32 Å². The van der Waals surface area contributed by atoms with Gasteiger partial charge in [-0.2, -0.15) is 0 Å². The number of rotatable bonds is 8. The van der Waals surface area contributed by atoms with Crippen molar-refractivity contribution in [3.8, 4) is 11.5 Å². The third kappa shape index (κ3) is 5.83. The number of benzene rings is 1. The molecule has 0 aromatic heterocycles. The molecule has 1 amide bonds. The first kappa shape index (κ1) is 29.4. The van der Waals surface area contributed by atoms with Crippen LogP contribution in [0.5, 0.6) is 11.5 Å². The number of carbonyl (C=O) groups excluding carboxylic acids is 2. The predicted molar refractivity (Wildman–Crippen MR) is 128 cm³/mol. The second kappa shape index (κ2) is 11.9. The van der Waals surface area contributed by atoms with E-state index in [0.29, 0.717) is 11.5 Å². The van der Waals surface area contributed by atoms with E-state index in [2.05, 4.69) is 5.32 Å². The second-order valence-corrected chi connectivity index (χ2v) is 10.1. The van der Waals surface area contributed by atoms with Crippen LogP contribution in [0.3, 0.4) is 0 Å². The summed E-state index contributed by atoms with van der Waals surface area (Å²) in [5, 5.41) is 64.7. The maximum absolute atomic E-state index is 13.3. The Kier molecular flexibility index (Phi) is 8.98. The summed E-state index contributed by atoms with van der Waals surface area (Å²) >= 11 is 0.